The van der Waals surface area contributed by atoms with Crippen LogP contribution in [0.2, 0.25) is 0 Å². The van der Waals surface area contributed by atoms with E-state index in [1.165, 1.54) is 24.3 Å². The summed E-state index contributed by atoms with van der Waals surface area (Å²) in [5.41, 5.74) is 2.75. The lowest BCUT2D eigenvalue weighted by molar-refractivity contribution is 0.481. The summed E-state index contributed by atoms with van der Waals surface area (Å²) in [7, 11) is -10.7. The summed E-state index contributed by atoms with van der Waals surface area (Å²) >= 11 is 0. The number of rotatable bonds is 9. The van der Waals surface area contributed by atoms with E-state index in [0.29, 0.717) is 17.9 Å². The Morgan fingerprint density at radius 1 is 0.442 bits per heavy atom. The van der Waals surface area contributed by atoms with Gasteiger partial charge >= 0.3 is 0 Å². The predicted octanol–water partition coefficient (Wildman–Crippen LogP) is 6.45. The Labute approximate surface area is 252 Å². The standard InChI is InChI=1S/C33H28O7S3/c1-24-3-13-30(14-4-24)42(36,37)32-19-9-27(10-20-32)40-28-11-21-33(22-12-28)43(38,39)31-17-7-26(8-18-31)23-25-5-15-29(16-6-25)41(2,34)35/h3-22H,23H2,1-2H3. The molecule has 0 aliphatic carbocycles. The van der Waals surface area contributed by atoms with E-state index in [1.807, 2.05) is 6.92 Å². The molecule has 0 spiro atoms. The smallest absolute Gasteiger partial charge is 0.206 e. The minimum Gasteiger partial charge on any atom is -0.457 e. The molecular weight excluding hydrogens is 605 g/mol. The van der Waals surface area contributed by atoms with E-state index in [-0.39, 0.29) is 24.5 Å². The Bertz CT molecular complexity index is 2070. The van der Waals surface area contributed by atoms with Gasteiger partial charge in [0.1, 0.15) is 11.5 Å². The van der Waals surface area contributed by atoms with Crippen molar-refractivity contribution in [2.24, 2.45) is 0 Å². The summed E-state index contributed by atoms with van der Waals surface area (Å²) in [6.07, 6.45) is 1.68. The average molecular weight is 633 g/mol. The van der Waals surface area contributed by atoms with Gasteiger partial charge in [0.15, 0.2) is 9.84 Å². The first-order valence-corrected chi connectivity index (χ1v) is 18.0. The third-order valence-corrected chi connectivity index (χ3v) is 11.5. The molecule has 0 aliphatic heterocycles. The van der Waals surface area contributed by atoms with Crippen molar-refractivity contribution in [3.63, 3.8) is 0 Å². The van der Waals surface area contributed by atoms with Gasteiger partial charge in [0, 0.05) is 6.26 Å². The molecule has 0 amide bonds. The topological polar surface area (TPSA) is 112 Å². The summed E-state index contributed by atoms with van der Waals surface area (Å²) in [6, 6.07) is 31.8. The molecule has 0 aliphatic rings. The molecule has 10 heteroatoms. The molecule has 43 heavy (non-hydrogen) atoms. The van der Waals surface area contributed by atoms with Crippen LogP contribution in [0.25, 0.3) is 0 Å². The summed E-state index contributed by atoms with van der Waals surface area (Å²) < 4.78 is 81.3. The van der Waals surface area contributed by atoms with E-state index in [0.717, 1.165) is 22.9 Å². The highest BCUT2D eigenvalue weighted by molar-refractivity contribution is 7.92. The van der Waals surface area contributed by atoms with Crippen LogP contribution in [0.4, 0.5) is 0 Å². The fraction of sp³-hybridized carbons (Fsp3) is 0.0909. The summed E-state index contributed by atoms with van der Waals surface area (Å²) in [4.78, 5) is 0.836. The molecule has 5 aromatic carbocycles. The van der Waals surface area contributed by atoms with Crippen LogP contribution in [0.3, 0.4) is 0 Å². The minimum atomic E-state index is -3.78. The van der Waals surface area contributed by atoms with Crippen LogP contribution in [-0.4, -0.2) is 31.5 Å². The van der Waals surface area contributed by atoms with E-state index in [1.54, 1.807) is 97.1 Å². The van der Waals surface area contributed by atoms with Gasteiger partial charge < -0.3 is 4.74 Å². The molecular formula is C33H28O7S3. The molecule has 0 fully saturated rings. The second-order valence-electron chi connectivity index (χ2n) is 10.1. The maximum atomic E-state index is 13.2. The van der Waals surface area contributed by atoms with Crippen LogP contribution in [0.1, 0.15) is 16.7 Å². The molecule has 220 valence electrons. The molecule has 7 nitrogen and oxygen atoms in total. The first kappa shape index (κ1) is 30.2. The number of ether oxygens (including phenoxy) is 1. The molecule has 0 atom stereocenters. The van der Waals surface area contributed by atoms with E-state index in [4.69, 9.17) is 4.74 Å². The lowest BCUT2D eigenvalue weighted by atomic mass is 10.1. The summed E-state index contributed by atoms with van der Waals surface area (Å²) in [5, 5.41) is 0. The van der Waals surface area contributed by atoms with E-state index < -0.39 is 29.5 Å². The highest BCUT2D eigenvalue weighted by Gasteiger charge is 2.19. The lowest BCUT2D eigenvalue weighted by Gasteiger charge is -2.10. The first-order valence-electron chi connectivity index (χ1n) is 13.2. The van der Waals surface area contributed by atoms with Gasteiger partial charge in [0.2, 0.25) is 19.7 Å². The number of hydrogen-bond acceptors (Lipinski definition) is 7. The maximum absolute atomic E-state index is 13.2. The third-order valence-electron chi connectivity index (χ3n) is 6.83. The zero-order chi connectivity index (χ0) is 30.8. The fourth-order valence-electron chi connectivity index (χ4n) is 4.38. The zero-order valence-electron chi connectivity index (χ0n) is 23.3. The van der Waals surface area contributed by atoms with Gasteiger partial charge in [-0.3, -0.25) is 0 Å². The van der Waals surface area contributed by atoms with Crippen molar-refractivity contribution < 1.29 is 30.0 Å². The van der Waals surface area contributed by atoms with Crippen molar-refractivity contribution in [2.75, 3.05) is 6.26 Å². The highest BCUT2D eigenvalue weighted by Crippen LogP contribution is 2.29. The van der Waals surface area contributed by atoms with Gasteiger partial charge in [-0.25, -0.2) is 25.3 Å². The molecule has 0 bridgehead atoms. The SMILES string of the molecule is Cc1ccc(S(=O)(=O)c2ccc(Oc3ccc(S(=O)(=O)c4ccc(Cc5ccc(S(C)(=O)=O)cc5)cc4)cc3)cc2)cc1. The molecule has 0 aromatic heterocycles. The van der Waals surface area contributed by atoms with Crippen LogP contribution in [-0.2, 0) is 35.9 Å². The monoisotopic (exact) mass is 632 g/mol. The maximum Gasteiger partial charge on any atom is 0.206 e. The second-order valence-corrected chi connectivity index (χ2v) is 16.0. The number of benzene rings is 5. The number of aryl methyl sites for hydroxylation is 1. The van der Waals surface area contributed by atoms with E-state index >= 15 is 0 Å². The second kappa shape index (κ2) is 11.8. The Morgan fingerprint density at radius 3 is 1.09 bits per heavy atom. The molecule has 0 unspecified atom stereocenters. The number of hydrogen-bond donors (Lipinski definition) is 0. The van der Waals surface area contributed by atoms with Crippen LogP contribution in [0.15, 0.2) is 146 Å². The van der Waals surface area contributed by atoms with Gasteiger partial charge in [-0.05, 0) is 109 Å². The molecule has 0 heterocycles. The average Bonchev–Trinajstić information content (AvgIpc) is 2.98. The molecule has 5 aromatic rings. The number of sulfone groups is 3. The van der Waals surface area contributed by atoms with Crippen molar-refractivity contribution in [2.45, 2.75) is 37.8 Å². The van der Waals surface area contributed by atoms with Gasteiger partial charge in [-0.15, -0.1) is 0 Å². The zero-order valence-corrected chi connectivity index (χ0v) is 25.8. The van der Waals surface area contributed by atoms with Crippen LogP contribution >= 0.6 is 0 Å². The Kier molecular flexibility index (Phi) is 8.29. The normalized spacial score (nSPS) is 12.1. The Hall–Kier alpha value is -4.25. The Morgan fingerprint density at radius 2 is 0.744 bits per heavy atom. The summed E-state index contributed by atoms with van der Waals surface area (Å²) in [6.45, 7) is 1.89. The quantitative estimate of drug-likeness (QED) is 0.184. The lowest BCUT2D eigenvalue weighted by Crippen LogP contribution is -2.02. The van der Waals surface area contributed by atoms with Crippen molar-refractivity contribution in [3.8, 4) is 11.5 Å². The third kappa shape index (κ3) is 6.88. The highest BCUT2D eigenvalue weighted by atomic mass is 32.2. The molecule has 0 N–H and O–H groups in total. The fourth-order valence-corrected chi connectivity index (χ4v) is 7.53. The van der Waals surface area contributed by atoms with E-state index in [9.17, 15) is 25.3 Å². The molecule has 5 rings (SSSR count). The van der Waals surface area contributed by atoms with Crippen LogP contribution in [0.5, 0.6) is 11.5 Å². The van der Waals surface area contributed by atoms with Crippen molar-refractivity contribution in [3.05, 3.63) is 138 Å². The first-order chi connectivity index (χ1) is 20.3. The molecule has 0 saturated carbocycles. The van der Waals surface area contributed by atoms with Crippen LogP contribution < -0.4 is 4.74 Å². The van der Waals surface area contributed by atoms with Gasteiger partial charge in [-0.1, -0.05) is 42.0 Å². The molecule has 0 radical (unpaired) electrons. The minimum absolute atomic E-state index is 0.100. The predicted molar refractivity (Wildman–Crippen MR) is 164 cm³/mol. The van der Waals surface area contributed by atoms with Crippen molar-refractivity contribution >= 4 is 29.5 Å². The van der Waals surface area contributed by atoms with Gasteiger partial charge in [-0.2, -0.15) is 0 Å². The van der Waals surface area contributed by atoms with Gasteiger partial charge in [0.25, 0.3) is 0 Å². The van der Waals surface area contributed by atoms with Crippen molar-refractivity contribution in [1.82, 2.24) is 0 Å². The van der Waals surface area contributed by atoms with Crippen LogP contribution in [0, 0.1) is 6.92 Å². The summed E-state index contributed by atoms with van der Waals surface area (Å²) in [5.74, 6) is 0.797. The van der Waals surface area contributed by atoms with Crippen molar-refractivity contribution in [1.29, 1.82) is 0 Å². The van der Waals surface area contributed by atoms with Gasteiger partial charge in [0.05, 0.1) is 24.5 Å². The Balaban J connectivity index is 1.25. The molecule has 0 saturated heterocycles. The largest absolute Gasteiger partial charge is 0.457 e. The van der Waals surface area contributed by atoms with E-state index in [2.05, 4.69) is 0 Å².